The van der Waals surface area contributed by atoms with Gasteiger partial charge in [-0.15, -0.1) is 0 Å². The van der Waals surface area contributed by atoms with Gasteiger partial charge in [-0.25, -0.2) is 0 Å². The molecule has 4 N–H and O–H groups in total. The number of hydrogen-bond acceptors (Lipinski definition) is 5. The van der Waals surface area contributed by atoms with Crippen molar-refractivity contribution < 1.29 is 44.1 Å². The molecule has 0 radical (unpaired) electrons. The second-order valence-corrected chi connectivity index (χ2v) is 1.72. The maximum atomic E-state index is 8.91. The van der Waals surface area contributed by atoms with Crippen LogP contribution in [0.15, 0.2) is 0 Å². The Kier molecular flexibility index (Phi) is 10.7. The molecular weight excluding hydrogens is 173 g/mol. The van der Waals surface area contributed by atoms with Crippen LogP contribution in [0, 0.1) is 0 Å². The van der Waals surface area contributed by atoms with E-state index in [2.05, 4.69) is 0 Å². The van der Waals surface area contributed by atoms with Gasteiger partial charge in [0.2, 0.25) is 0 Å². The number of rotatable bonds is 0. The molecule has 5 nitrogen and oxygen atoms in total. The van der Waals surface area contributed by atoms with Gasteiger partial charge < -0.3 is 24.7 Å². The Bertz CT molecular complexity index is 23.6. The number of hydrogen-bond donors (Lipinski definition) is 3. The SMILES string of the molecule is [O-][Si](O)(O)O.[OH-].[Zn+2]. The van der Waals surface area contributed by atoms with Crippen LogP contribution >= 0.6 is 0 Å². The third kappa shape index (κ3) is 349. The zero-order valence-corrected chi connectivity index (χ0v) is 7.37. The summed E-state index contributed by atoms with van der Waals surface area (Å²) in [5.41, 5.74) is 0. The molecule has 0 saturated heterocycles. The van der Waals surface area contributed by atoms with Gasteiger partial charge in [-0.1, -0.05) is 0 Å². The van der Waals surface area contributed by atoms with Gasteiger partial charge in [0.05, 0.1) is 0 Å². The molecule has 0 bridgehead atoms. The van der Waals surface area contributed by atoms with Gasteiger partial charge in [-0.3, -0.25) is 0 Å². The first-order valence-corrected chi connectivity index (χ1v) is 2.62. The van der Waals surface area contributed by atoms with Gasteiger partial charge in [-0.05, 0) is 0 Å². The van der Waals surface area contributed by atoms with Crippen molar-refractivity contribution in [3.05, 3.63) is 0 Å². The van der Waals surface area contributed by atoms with Crippen LogP contribution in [0.2, 0.25) is 0 Å². The van der Waals surface area contributed by atoms with Gasteiger partial charge in [0.15, 0.2) is 0 Å². The van der Waals surface area contributed by atoms with Crippen molar-refractivity contribution in [3.8, 4) is 0 Å². The normalized spacial score (nSPS) is 8.57. The van der Waals surface area contributed by atoms with Gasteiger partial charge in [0.1, 0.15) is 0 Å². The Morgan fingerprint density at radius 2 is 1.14 bits per heavy atom. The second-order valence-electron chi connectivity index (χ2n) is 0.574. The molecule has 0 rings (SSSR count). The van der Waals surface area contributed by atoms with Crippen molar-refractivity contribution in [2.45, 2.75) is 0 Å². The van der Waals surface area contributed by atoms with Gasteiger partial charge in [0.25, 0.3) is 0 Å². The van der Waals surface area contributed by atoms with Crippen molar-refractivity contribution in [1.29, 1.82) is 0 Å². The molecule has 0 aliphatic heterocycles. The van der Waals surface area contributed by atoms with Crippen LogP contribution in [0.4, 0.5) is 0 Å². The summed E-state index contributed by atoms with van der Waals surface area (Å²) in [6.45, 7) is 0. The van der Waals surface area contributed by atoms with Gasteiger partial charge in [0, 0.05) is 0 Å². The molecule has 0 aromatic rings. The van der Waals surface area contributed by atoms with Crippen LogP contribution in [0.25, 0.3) is 0 Å². The first-order valence-electron chi connectivity index (χ1n) is 0.875. The zero-order chi connectivity index (χ0) is 4.50. The molecule has 0 amide bonds. The van der Waals surface area contributed by atoms with E-state index in [0.717, 1.165) is 0 Å². The van der Waals surface area contributed by atoms with Crippen molar-refractivity contribution in [2.24, 2.45) is 0 Å². The molecule has 0 saturated carbocycles. The summed E-state index contributed by atoms with van der Waals surface area (Å²) in [6.07, 6.45) is 0. The predicted octanol–water partition coefficient (Wildman–Crippen LogP) is -3.42. The van der Waals surface area contributed by atoms with E-state index in [9.17, 15) is 0 Å². The Hall–Kier alpha value is 0.640. The molecule has 0 heterocycles. The van der Waals surface area contributed by atoms with Crippen LogP contribution < -0.4 is 4.80 Å². The monoisotopic (exact) mass is 176 g/mol. The quantitative estimate of drug-likeness (QED) is 0.334. The predicted molar refractivity (Wildman–Crippen MR) is 14.3 cm³/mol. The van der Waals surface area contributed by atoms with E-state index in [-0.39, 0.29) is 25.0 Å². The van der Waals surface area contributed by atoms with Crippen molar-refractivity contribution in [2.75, 3.05) is 0 Å². The smallest absolute Gasteiger partial charge is 0.870 e. The summed E-state index contributed by atoms with van der Waals surface area (Å²) < 4.78 is 0. The molecule has 7 heavy (non-hydrogen) atoms. The summed E-state index contributed by atoms with van der Waals surface area (Å²) in [4.78, 5) is 30.6. The summed E-state index contributed by atoms with van der Waals surface area (Å²) in [5.74, 6) is 0. The van der Waals surface area contributed by atoms with Crippen molar-refractivity contribution in [1.82, 2.24) is 0 Å². The minimum absolute atomic E-state index is 0. The first-order chi connectivity index (χ1) is 2.00. The maximum Gasteiger partial charge on any atom is 2.00 e. The third-order valence-corrected chi connectivity index (χ3v) is 0. The van der Waals surface area contributed by atoms with Crippen molar-refractivity contribution in [3.63, 3.8) is 0 Å². The summed E-state index contributed by atoms with van der Waals surface area (Å²) in [7, 11) is -4.86. The van der Waals surface area contributed by atoms with E-state index in [0.29, 0.717) is 0 Å². The Morgan fingerprint density at radius 3 is 1.14 bits per heavy atom. The summed E-state index contributed by atoms with van der Waals surface area (Å²) >= 11 is 0. The summed E-state index contributed by atoms with van der Waals surface area (Å²) in [5, 5.41) is 0. The molecule has 0 spiro atoms. The Balaban J connectivity index is -0.0000000800. The van der Waals surface area contributed by atoms with Crippen LogP contribution in [-0.2, 0) is 19.5 Å². The minimum Gasteiger partial charge on any atom is -0.870 e. The minimum atomic E-state index is -4.86. The fraction of sp³-hybridized carbons (Fsp3) is 0. The molecule has 0 atom stereocenters. The van der Waals surface area contributed by atoms with E-state index in [1.165, 1.54) is 0 Å². The third-order valence-electron chi connectivity index (χ3n) is 0. The fourth-order valence-corrected chi connectivity index (χ4v) is 0. The molecule has 0 aromatic heterocycles. The molecular formula is H4O5SiZn. The van der Waals surface area contributed by atoms with Crippen LogP contribution in [0.1, 0.15) is 0 Å². The fourth-order valence-electron chi connectivity index (χ4n) is 0. The Labute approximate surface area is 53.8 Å². The molecule has 0 aliphatic carbocycles. The van der Waals surface area contributed by atoms with Crippen molar-refractivity contribution >= 4 is 9.05 Å². The molecule has 0 aliphatic rings. The van der Waals surface area contributed by atoms with Gasteiger partial charge in [-0.2, -0.15) is 0 Å². The molecule has 7 heteroatoms. The Morgan fingerprint density at radius 1 is 1.14 bits per heavy atom. The van der Waals surface area contributed by atoms with Crippen LogP contribution in [0.5, 0.6) is 0 Å². The molecule has 0 unspecified atom stereocenters. The topological polar surface area (TPSA) is 114 Å². The standard InChI is InChI=1S/H3O4Si.H2O.Zn/c1-5(2,3)4;;/h1-3H;1H2;/q-1;;+2/p-1. The summed E-state index contributed by atoms with van der Waals surface area (Å²) in [6, 6.07) is 0. The molecule has 0 aromatic carbocycles. The van der Waals surface area contributed by atoms with Gasteiger partial charge >= 0.3 is 28.5 Å². The maximum absolute atomic E-state index is 8.91. The average molecular weight is 178 g/mol. The van der Waals surface area contributed by atoms with Crippen LogP contribution in [0.3, 0.4) is 0 Å². The van der Waals surface area contributed by atoms with E-state index in [4.69, 9.17) is 19.2 Å². The molecule has 0 fully saturated rings. The average Bonchev–Trinajstić information content (AvgIpc) is 0.722. The molecule has 40 valence electrons. The van der Waals surface area contributed by atoms with E-state index in [1.54, 1.807) is 0 Å². The first kappa shape index (κ1) is 15.6. The van der Waals surface area contributed by atoms with Crippen LogP contribution in [-0.4, -0.2) is 28.9 Å². The van der Waals surface area contributed by atoms with E-state index >= 15 is 0 Å². The van der Waals surface area contributed by atoms with E-state index < -0.39 is 9.05 Å². The van der Waals surface area contributed by atoms with E-state index in [1.807, 2.05) is 0 Å². The largest absolute Gasteiger partial charge is 2.00 e. The zero-order valence-electron chi connectivity index (χ0n) is 3.40. The second kappa shape index (κ2) is 4.79.